The van der Waals surface area contributed by atoms with E-state index in [1.807, 2.05) is 13.8 Å². The zero-order valence-corrected chi connectivity index (χ0v) is 44.5. The summed E-state index contributed by atoms with van der Waals surface area (Å²) < 4.78 is 10.2. The van der Waals surface area contributed by atoms with Crippen LogP contribution in [0.25, 0.3) is 10.9 Å². The number of nitrogens with zero attached hydrogens (tertiary/aromatic N) is 1. The van der Waals surface area contributed by atoms with E-state index in [4.69, 9.17) is 15.2 Å². The number of H-pyrrole nitrogens is 1. The Labute approximate surface area is 435 Å². The number of ether oxygens (including phenoxy) is 2. The summed E-state index contributed by atoms with van der Waals surface area (Å²) in [6, 6.07) is -2.55. The predicted molar refractivity (Wildman–Crippen MR) is 274 cm³/mol. The topological polar surface area (TPSA) is 351 Å². The molecule has 2 aromatic rings. The van der Waals surface area contributed by atoms with Crippen molar-refractivity contribution >= 4 is 87.5 Å². The van der Waals surface area contributed by atoms with Gasteiger partial charge in [0.25, 0.3) is 0 Å². The Morgan fingerprint density at radius 1 is 0.932 bits per heavy atom. The molecule has 1 unspecified atom stereocenters. The summed E-state index contributed by atoms with van der Waals surface area (Å²) in [5.41, 5.74) is 6.51. The molecule has 2 aliphatic heterocycles. The Kier molecular flexibility index (Phi) is 22.7. The first-order valence-electron chi connectivity index (χ1n) is 24.9. The Bertz CT molecular complexity index is 2380. The molecule has 12 N–H and O–H groups in total. The number of hydrogen-bond donors (Lipinski definition) is 11. The number of rotatable bonds is 17. The first-order chi connectivity index (χ1) is 34.8. The molecular weight excluding hydrogens is 983 g/mol. The van der Waals surface area contributed by atoms with Crippen molar-refractivity contribution in [3.63, 3.8) is 0 Å². The van der Waals surface area contributed by atoms with Crippen molar-refractivity contribution in [2.45, 2.75) is 153 Å². The third-order valence-corrected chi connectivity index (χ3v) is 13.9. The third-order valence-electron chi connectivity index (χ3n) is 12.8. The van der Waals surface area contributed by atoms with Gasteiger partial charge in [0, 0.05) is 48.3 Å². The third kappa shape index (κ3) is 17.7. The van der Waals surface area contributed by atoms with E-state index in [9.17, 15) is 53.1 Å². The number of benzene rings is 1. The number of aromatic nitrogens is 1. The lowest BCUT2D eigenvalue weighted by molar-refractivity contribution is -0.145. The number of hydrogen-bond acceptors (Lipinski definition) is 16. The smallest absolute Gasteiger partial charge is 0.407 e. The number of aliphatic hydroxyl groups excluding tert-OH is 1. The Balaban J connectivity index is 1.86. The summed E-state index contributed by atoms with van der Waals surface area (Å²) >= 11 is 1.02. The number of amides is 8. The van der Waals surface area contributed by atoms with Crippen LogP contribution in [0.2, 0.25) is 0 Å². The average Bonchev–Trinajstić information content (AvgIpc) is 3.97. The Morgan fingerprint density at radius 2 is 1.65 bits per heavy atom. The van der Waals surface area contributed by atoms with Crippen LogP contribution in [0.3, 0.4) is 0 Å². The fraction of sp³-hybridized carbons (Fsp3) is 0.633. The Morgan fingerprint density at radius 3 is 2.30 bits per heavy atom. The molecule has 0 bridgehead atoms. The van der Waals surface area contributed by atoms with Gasteiger partial charge in [0.1, 0.15) is 35.7 Å². The molecule has 9 atom stereocenters. The molecule has 1 saturated heterocycles. The van der Waals surface area contributed by atoms with Crippen LogP contribution >= 0.6 is 11.8 Å². The quantitative estimate of drug-likeness (QED) is 0.0943. The van der Waals surface area contributed by atoms with Gasteiger partial charge in [0.2, 0.25) is 41.4 Å². The molecule has 1 fully saturated rings. The number of aromatic amines is 1. The highest BCUT2D eigenvalue weighted by Gasteiger charge is 2.42. The van der Waals surface area contributed by atoms with Crippen LogP contribution in [-0.4, -0.2) is 161 Å². The number of alkyl carbamates (subject to hydrolysis) is 1. The molecule has 1 aromatic carbocycles. The van der Waals surface area contributed by atoms with Crippen LogP contribution < -0.4 is 48.3 Å². The number of ketones is 1. The van der Waals surface area contributed by atoms with Crippen LogP contribution in [0.1, 0.15) is 99.5 Å². The van der Waals surface area contributed by atoms with Gasteiger partial charge in [0.05, 0.1) is 49.8 Å². The van der Waals surface area contributed by atoms with Gasteiger partial charge in [-0.25, -0.2) is 4.79 Å². The number of Topliss-reactive ketones (excluding diaryl/α,β-unsaturated/α-hetero) is 1. The number of thioether (sulfide) groups is 1. The summed E-state index contributed by atoms with van der Waals surface area (Å²) in [6.45, 7) is 12.8. The molecule has 410 valence electrons. The lowest BCUT2D eigenvalue weighted by atomic mass is 9.96. The van der Waals surface area contributed by atoms with Crippen LogP contribution in [0.15, 0.2) is 23.2 Å². The second-order valence-corrected chi connectivity index (χ2v) is 20.8. The molecule has 0 radical (unpaired) electrons. The molecule has 8 amide bonds. The van der Waals surface area contributed by atoms with E-state index in [1.165, 1.54) is 11.8 Å². The van der Waals surface area contributed by atoms with Crippen LogP contribution in [0, 0.1) is 11.8 Å². The number of methoxy groups -OCH3 is 1. The molecule has 74 heavy (non-hydrogen) atoms. The van der Waals surface area contributed by atoms with Crippen molar-refractivity contribution < 1.29 is 62.5 Å². The fourth-order valence-electron chi connectivity index (χ4n) is 8.19. The van der Waals surface area contributed by atoms with Gasteiger partial charge in [-0.3, -0.25) is 48.1 Å². The van der Waals surface area contributed by atoms with Crippen LogP contribution in [0.4, 0.5) is 10.5 Å². The predicted octanol–water partition coefficient (Wildman–Crippen LogP) is 0.195. The van der Waals surface area contributed by atoms with E-state index < -0.39 is 120 Å². The number of anilines is 1. The number of esters is 1. The minimum Gasteiger partial charge on any atom is -0.469 e. The summed E-state index contributed by atoms with van der Waals surface area (Å²) in [4.78, 5) is 139. The fourth-order valence-corrected chi connectivity index (χ4v) is 9.31. The highest BCUT2D eigenvalue weighted by Crippen LogP contribution is 2.34. The molecule has 24 nitrogen and oxygen atoms in total. The molecule has 0 saturated carbocycles. The standard InChI is InChI=1S/C49H75N11O13S/c1-10-25(3)39(50)44(68)53-23-37(63)55-34-24-74-46-30(29-19-28(14-15-31(29)58-46)54-36(62)16-17-51-48(71)73-49(6,7)8)20-32(41(65)52-22-27(5)61)56-45(69)40(26(4)11-2)59-43(67)35-13-12-18-60(35)47(70)33(57-42(34)66)21-38(64)72-9/h14-15,19,25-26,32-35,39-40,47,58,70H,10-13,16-18,20-24,50H2,1-9H3,(H,51,71)(H,52,65)(H,53,68)(H,54,62)(H,55,63)(H,56,69)(H,57,66)(H,59,67)/t25-,26-,32-,33-,34-,35-,39-,40-,47?/m0/s1. The average molecular weight is 1060 g/mol. The highest BCUT2D eigenvalue weighted by molar-refractivity contribution is 7.99. The van der Waals surface area contributed by atoms with E-state index in [-0.39, 0.29) is 56.4 Å². The number of nitrogens with two attached hydrogens (primary N) is 1. The zero-order valence-electron chi connectivity index (χ0n) is 43.7. The zero-order chi connectivity index (χ0) is 55.0. The maximum atomic E-state index is 14.5. The number of carbonyl (C=O) groups excluding carboxylic acids is 10. The number of nitrogens with one attached hydrogen (secondary N) is 9. The molecule has 1 aromatic heterocycles. The first kappa shape index (κ1) is 60.2. The van der Waals surface area contributed by atoms with Crippen LogP contribution in [0.5, 0.6) is 0 Å². The number of fused-ring (bicyclic) bond motifs is 4. The van der Waals surface area contributed by atoms with E-state index in [0.29, 0.717) is 46.4 Å². The van der Waals surface area contributed by atoms with Crippen molar-refractivity contribution in [3.05, 3.63) is 23.8 Å². The van der Waals surface area contributed by atoms with Gasteiger partial charge < -0.3 is 67.8 Å². The van der Waals surface area contributed by atoms with Crippen molar-refractivity contribution in [1.82, 2.24) is 47.1 Å². The Hall–Kier alpha value is -6.31. The van der Waals surface area contributed by atoms with Gasteiger partial charge in [0.15, 0.2) is 0 Å². The first-order valence-corrected chi connectivity index (χ1v) is 25.9. The van der Waals surface area contributed by atoms with Gasteiger partial charge in [-0.15, -0.1) is 11.8 Å². The lowest BCUT2D eigenvalue weighted by Crippen LogP contribution is -2.61. The second-order valence-electron chi connectivity index (χ2n) is 19.7. The minimum absolute atomic E-state index is 0.0431. The molecule has 25 heteroatoms. The van der Waals surface area contributed by atoms with Crippen molar-refractivity contribution in [2.24, 2.45) is 17.6 Å². The normalized spacial score (nSPS) is 22.3. The summed E-state index contributed by atoms with van der Waals surface area (Å²) in [6.07, 6.45) is -1.66. The van der Waals surface area contributed by atoms with Crippen molar-refractivity contribution in [2.75, 3.05) is 44.4 Å². The minimum atomic E-state index is -1.66. The van der Waals surface area contributed by atoms with Crippen molar-refractivity contribution in [3.8, 4) is 0 Å². The van der Waals surface area contributed by atoms with Gasteiger partial charge >= 0.3 is 12.1 Å². The second kappa shape index (κ2) is 27.8. The molecular formula is C49H75N11O13S. The maximum Gasteiger partial charge on any atom is 0.407 e. The number of aliphatic hydroxyl groups is 1. The summed E-state index contributed by atoms with van der Waals surface area (Å²) in [7, 11) is 1.13. The van der Waals surface area contributed by atoms with E-state index in [2.05, 4.69) is 47.5 Å². The summed E-state index contributed by atoms with van der Waals surface area (Å²) in [5, 5.41) is 34.1. The maximum absolute atomic E-state index is 14.5. The van der Waals surface area contributed by atoms with Crippen LogP contribution in [-0.2, 0) is 59.0 Å². The van der Waals surface area contributed by atoms with E-state index in [0.717, 1.165) is 18.9 Å². The molecule has 4 rings (SSSR count). The molecule has 0 spiro atoms. The summed E-state index contributed by atoms with van der Waals surface area (Å²) in [5.74, 6) is -6.96. The monoisotopic (exact) mass is 1060 g/mol. The van der Waals surface area contributed by atoms with E-state index >= 15 is 0 Å². The van der Waals surface area contributed by atoms with Crippen molar-refractivity contribution in [1.29, 1.82) is 0 Å². The largest absolute Gasteiger partial charge is 0.469 e. The SMILES string of the molecule is CC[C@H](C)[C@H](N)C(=O)NCC(=O)N[C@H]1CSc2[nH]c3ccc(NC(=O)CCNC(=O)OC(C)(C)C)cc3c2C[C@@H](C(=O)NCC(C)=O)NC(=O)[C@H]([C@@H](C)CC)NC(=O)[C@@H]2CCCN2C(O)[C@H](CC(=O)OC)NC1=O. The highest BCUT2D eigenvalue weighted by atomic mass is 32.2. The van der Waals surface area contributed by atoms with Gasteiger partial charge in [-0.2, -0.15) is 0 Å². The number of carbonyl (C=O) groups is 10. The lowest BCUT2D eigenvalue weighted by Gasteiger charge is -2.35. The molecule has 2 aliphatic rings. The molecule has 0 aliphatic carbocycles. The van der Waals surface area contributed by atoms with Gasteiger partial charge in [-0.05, 0) is 76.1 Å². The van der Waals surface area contributed by atoms with E-state index in [1.54, 1.807) is 52.8 Å². The molecule has 3 heterocycles. The van der Waals surface area contributed by atoms with Gasteiger partial charge in [-0.1, -0.05) is 40.5 Å².